The van der Waals surface area contributed by atoms with Crippen molar-refractivity contribution in [1.29, 1.82) is 0 Å². The van der Waals surface area contributed by atoms with Crippen LogP contribution >= 0.6 is 15.9 Å². The van der Waals surface area contributed by atoms with Crippen LogP contribution < -0.4 is 0 Å². The molecule has 2 amide bonds. The van der Waals surface area contributed by atoms with Crippen LogP contribution in [0.5, 0.6) is 0 Å². The molecule has 1 heterocycles. The minimum atomic E-state index is -1.02. The molecule has 118 valence electrons. The second-order valence-electron chi connectivity index (χ2n) is 5.86. The van der Waals surface area contributed by atoms with Gasteiger partial charge in [-0.15, -0.1) is 0 Å². The molecule has 0 bridgehead atoms. The molecule has 1 atom stereocenters. The maximum Gasteiger partial charge on any atom is 0.427 e. The number of hydrogen-bond donors (Lipinski definition) is 0. The summed E-state index contributed by atoms with van der Waals surface area (Å²) in [4.78, 5) is 36.6. The van der Waals surface area contributed by atoms with Gasteiger partial charge in [0.2, 0.25) is 0 Å². The molecule has 2 rings (SSSR count). The summed E-state index contributed by atoms with van der Waals surface area (Å²) in [7, 11) is 0. The summed E-state index contributed by atoms with van der Waals surface area (Å²) in [5, 5.41) is 0. The standard InChI is InChI=1S/C15H16BrNO5/c1-15(2,3)22-14(20)17-11(8-12(18)21-13(17)19)9-4-6-10(16)7-5-9/h4-7,11H,8H2,1-3H3. The Morgan fingerprint density at radius 3 is 2.41 bits per heavy atom. The van der Waals surface area contributed by atoms with Crippen molar-refractivity contribution >= 4 is 34.1 Å². The van der Waals surface area contributed by atoms with E-state index in [4.69, 9.17) is 4.74 Å². The monoisotopic (exact) mass is 369 g/mol. The van der Waals surface area contributed by atoms with E-state index in [9.17, 15) is 14.4 Å². The highest BCUT2D eigenvalue weighted by Crippen LogP contribution is 2.31. The molecular weight excluding hydrogens is 354 g/mol. The first-order chi connectivity index (χ1) is 10.2. The van der Waals surface area contributed by atoms with Gasteiger partial charge in [0, 0.05) is 4.47 Å². The Hall–Kier alpha value is -1.89. The van der Waals surface area contributed by atoms with Crippen molar-refractivity contribution in [2.45, 2.75) is 38.8 Å². The number of hydrogen-bond acceptors (Lipinski definition) is 5. The number of ether oxygens (including phenoxy) is 2. The van der Waals surface area contributed by atoms with Gasteiger partial charge in [0.1, 0.15) is 5.60 Å². The molecule has 0 saturated carbocycles. The van der Waals surface area contributed by atoms with Crippen molar-refractivity contribution in [3.8, 4) is 0 Å². The summed E-state index contributed by atoms with van der Waals surface area (Å²) in [6.45, 7) is 5.08. The van der Waals surface area contributed by atoms with Crippen LogP contribution in [0.3, 0.4) is 0 Å². The van der Waals surface area contributed by atoms with Crippen LogP contribution in [0.15, 0.2) is 28.7 Å². The van der Waals surface area contributed by atoms with Crippen LogP contribution in [0.4, 0.5) is 9.59 Å². The molecule has 0 spiro atoms. The Kier molecular flexibility index (Phi) is 4.55. The average Bonchev–Trinajstić information content (AvgIpc) is 2.36. The average molecular weight is 370 g/mol. The van der Waals surface area contributed by atoms with Crippen molar-refractivity contribution < 1.29 is 23.9 Å². The highest BCUT2D eigenvalue weighted by Gasteiger charge is 2.42. The van der Waals surface area contributed by atoms with E-state index in [1.807, 2.05) is 0 Å². The minimum Gasteiger partial charge on any atom is -0.443 e. The summed E-state index contributed by atoms with van der Waals surface area (Å²) >= 11 is 3.31. The predicted octanol–water partition coefficient (Wildman–Crippen LogP) is 3.79. The van der Waals surface area contributed by atoms with Crippen molar-refractivity contribution in [2.75, 3.05) is 0 Å². The van der Waals surface area contributed by atoms with Gasteiger partial charge in [-0.05, 0) is 38.5 Å². The van der Waals surface area contributed by atoms with Crippen molar-refractivity contribution in [1.82, 2.24) is 4.90 Å². The SMILES string of the molecule is CC(C)(C)OC(=O)N1C(=O)OC(=O)CC1c1ccc(Br)cc1. The summed E-state index contributed by atoms with van der Waals surface area (Å²) in [5.74, 6) is -0.669. The summed E-state index contributed by atoms with van der Waals surface area (Å²) in [6.07, 6.45) is -1.96. The van der Waals surface area contributed by atoms with E-state index >= 15 is 0 Å². The zero-order valence-corrected chi connectivity index (χ0v) is 14.0. The number of imide groups is 1. The molecule has 1 aliphatic rings. The normalized spacial score (nSPS) is 18.9. The van der Waals surface area contributed by atoms with Gasteiger partial charge in [-0.1, -0.05) is 28.1 Å². The molecule has 1 fully saturated rings. The van der Waals surface area contributed by atoms with E-state index in [1.54, 1.807) is 45.0 Å². The molecule has 7 heteroatoms. The summed E-state index contributed by atoms with van der Waals surface area (Å²) in [6, 6.07) is 6.27. The molecule has 6 nitrogen and oxygen atoms in total. The quantitative estimate of drug-likeness (QED) is 0.556. The van der Waals surface area contributed by atoms with Crippen molar-refractivity contribution in [3.63, 3.8) is 0 Å². The zero-order chi connectivity index (χ0) is 16.5. The second-order valence-corrected chi connectivity index (χ2v) is 6.78. The highest BCUT2D eigenvalue weighted by atomic mass is 79.9. The third-order valence-corrected chi connectivity index (χ3v) is 3.44. The summed E-state index contributed by atoms with van der Waals surface area (Å²) in [5.41, 5.74) is -0.109. The van der Waals surface area contributed by atoms with Crippen LogP contribution in [0.1, 0.15) is 38.8 Å². The van der Waals surface area contributed by atoms with E-state index in [0.29, 0.717) is 5.56 Å². The smallest absolute Gasteiger partial charge is 0.427 e. The molecule has 1 unspecified atom stereocenters. The zero-order valence-electron chi connectivity index (χ0n) is 12.5. The Balaban J connectivity index is 2.33. The van der Waals surface area contributed by atoms with Crippen molar-refractivity contribution in [2.24, 2.45) is 0 Å². The van der Waals surface area contributed by atoms with Gasteiger partial charge in [-0.25, -0.2) is 14.5 Å². The molecule has 0 aromatic heterocycles. The van der Waals surface area contributed by atoms with Gasteiger partial charge in [-0.3, -0.25) is 4.79 Å². The number of benzene rings is 1. The third kappa shape index (κ3) is 3.85. The molecule has 1 aromatic rings. The number of amides is 2. The fourth-order valence-corrected chi connectivity index (χ4v) is 2.29. The maximum atomic E-state index is 12.3. The first-order valence-corrected chi connectivity index (χ1v) is 7.49. The van der Waals surface area contributed by atoms with E-state index in [-0.39, 0.29) is 6.42 Å². The number of carbonyl (C=O) groups is 3. The minimum absolute atomic E-state index is 0.105. The fraction of sp³-hybridized carbons (Fsp3) is 0.400. The molecule has 22 heavy (non-hydrogen) atoms. The van der Waals surface area contributed by atoms with Crippen LogP contribution in [0, 0.1) is 0 Å². The second kappa shape index (κ2) is 6.08. The lowest BCUT2D eigenvalue weighted by atomic mass is 10.0. The lowest BCUT2D eigenvalue weighted by molar-refractivity contribution is -0.143. The van der Waals surface area contributed by atoms with Gasteiger partial charge in [0.05, 0.1) is 12.5 Å². The van der Waals surface area contributed by atoms with E-state index in [2.05, 4.69) is 20.7 Å². The van der Waals surface area contributed by atoms with Gasteiger partial charge >= 0.3 is 18.2 Å². The van der Waals surface area contributed by atoms with Gasteiger partial charge in [-0.2, -0.15) is 0 Å². The number of cyclic esters (lactones) is 2. The Labute approximate surface area is 136 Å². The largest absolute Gasteiger partial charge is 0.443 e. The van der Waals surface area contributed by atoms with Gasteiger partial charge < -0.3 is 9.47 Å². The van der Waals surface area contributed by atoms with Crippen molar-refractivity contribution in [3.05, 3.63) is 34.3 Å². The topological polar surface area (TPSA) is 72.9 Å². The maximum absolute atomic E-state index is 12.3. The number of esters is 1. The Morgan fingerprint density at radius 2 is 1.86 bits per heavy atom. The predicted molar refractivity (Wildman–Crippen MR) is 81.1 cm³/mol. The van der Waals surface area contributed by atoms with E-state index in [0.717, 1.165) is 9.37 Å². The van der Waals surface area contributed by atoms with Crippen LogP contribution in [-0.2, 0) is 14.3 Å². The number of halogens is 1. The van der Waals surface area contributed by atoms with Crippen LogP contribution in [0.2, 0.25) is 0 Å². The molecule has 1 aliphatic heterocycles. The molecular formula is C15H16BrNO5. The molecule has 1 saturated heterocycles. The summed E-state index contributed by atoms with van der Waals surface area (Å²) < 4.78 is 10.6. The van der Waals surface area contributed by atoms with Crippen LogP contribution in [0.25, 0.3) is 0 Å². The highest BCUT2D eigenvalue weighted by molar-refractivity contribution is 9.10. The van der Waals surface area contributed by atoms with Gasteiger partial charge in [0.25, 0.3) is 0 Å². The molecule has 0 N–H and O–H groups in total. The first-order valence-electron chi connectivity index (χ1n) is 6.70. The Bertz CT molecular complexity index is 605. The Morgan fingerprint density at radius 1 is 1.27 bits per heavy atom. The third-order valence-electron chi connectivity index (χ3n) is 2.91. The fourth-order valence-electron chi connectivity index (χ4n) is 2.03. The molecule has 0 radical (unpaired) electrons. The number of carbonyl (C=O) groups excluding carboxylic acids is 3. The first kappa shape index (κ1) is 16.5. The van der Waals surface area contributed by atoms with E-state index in [1.165, 1.54) is 0 Å². The molecule has 0 aliphatic carbocycles. The van der Waals surface area contributed by atoms with E-state index < -0.39 is 29.8 Å². The lowest BCUT2D eigenvalue weighted by Gasteiger charge is -2.33. The molecule has 1 aromatic carbocycles. The number of nitrogens with zero attached hydrogens (tertiary/aromatic N) is 1. The number of rotatable bonds is 1. The van der Waals surface area contributed by atoms with Gasteiger partial charge in [0.15, 0.2) is 0 Å². The lowest BCUT2D eigenvalue weighted by Crippen LogP contribution is -2.48. The van der Waals surface area contributed by atoms with Crippen LogP contribution in [-0.4, -0.2) is 28.7 Å².